The van der Waals surface area contributed by atoms with Gasteiger partial charge < -0.3 is 10.1 Å². The Bertz CT molecular complexity index is 125. The van der Waals surface area contributed by atoms with Crippen LogP contribution in [0.5, 0.6) is 0 Å². The van der Waals surface area contributed by atoms with Crippen LogP contribution in [0.4, 0.5) is 4.39 Å². The molecule has 8 heavy (non-hydrogen) atoms. The summed E-state index contributed by atoms with van der Waals surface area (Å²) in [5.74, 6) is -0.271. The number of nitrogens with one attached hydrogen (secondary N) is 1. The summed E-state index contributed by atoms with van der Waals surface area (Å²) < 4.78 is 12.1. The van der Waals surface area contributed by atoms with Gasteiger partial charge in [-0.3, -0.25) is 0 Å². The average molecular weight is 118 g/mol. The SMILES string of the molecule is CN1C=C(O)C(F)N1. The average Bonchev–Trinajstić information content (AvgIpc) is 1.85. The van der Waals surface area contributed by atoms with Crippen LogP contribution in [0.2, 0.25) is 0 Å². The maximum atomic E-state index is 12.1. The van der Waals surface area contributed by atoms with Gasteiger partial charge in [0, 0.05) is 7.05 Å². The first-order chi connectivity index (χ1) is 3.70. The molecule has 1 atom stereocenters. The van der Waals surface area contributed by atoms with Crippen molar-refractivity contribution in [3.05, 3.63) is 12.0 Å². The van der Waals surface area contributed by atoms with Gasteiger partial charge in [0.15, 0.2) is 5.76 Å². The minimum atomic E-state index is -1.42. The van der Waals surface area contributed by atoms with Gasteiger partial charge in [0.25, 0.3) is 0 Å². The van der Waals surface area contributed by atoms with Gasteiger partial charge in [-0.2, -0.15) is 5.43 Å². The first-order valence-electron chi connectivity index (χ1n) is 2.24. The summed E-state index contributed by atoms with van der Waals surface area (Å²) in [6, 6.07) is 0. The van der Waals surface area contributed by atoms with Crippen molar-refractivity contribution in [2.75, 3.05) is 7.05 Å². The monoisotopic (exact) mass is 118 g/mol. The van der Waals surface area contributed by atoms with Gasteiger partial charge in [-0.1, -0.05) is 0 Å². The van der Waals surface area contributed by atoms with Crippen molar-refractivity contribution in [3.63, 3.8) is 0 Å². The maximum Gasteiger partial charge on any atom is 0.226 e. The van der Waals surface area contributed by atoms with Crippen molar-refractivity contribution in [2.24, 2.45) is 0 Å². The van der Waals surface area contributed by atoms with Gasteiger partial charge in [0.05, 0.1) is 6.20 Å². The van der Waals surface area contributed by atoms with E-state index in [4.69, 9.17) is 5.11 Å². The molecule has 0 aliphatic carbocycles. The molecule has 0 aromatic rings. The Kier molecular flexibility index (Phi) is 1.09. The third-order valence-electron chi connectivity index (χ3n) is 0.903. The van der Waals surface area contributed by atoms with Crippen molar-refractivity contribution >= 4 is 0 Å². The topological polar surface area (TPSA) is 35.5 Å². The van der Waals surface area contributed by atoms with Gasteiger partial charge in [0.2, 0.25) is 6.30 Å². The van der Waals surface area contributed by atoms with Crippen LogP contribution in [0.1, 0.15) is 0 Å². The molecular formula is C4H7FN2O. The normalized spacial score (nSPS) is 28.5. The maximum absolute atomic E-state index is 12.1. The molecule has 1 rings (SSSR count). The number of hydrazine groups is 1. The zero-order chi connectivity index (χ0) is 6.15. The molecule has 0 saturated carbocycles. The summed E-state index contributed by atoms with van der Waals surface area (Å²) in [6.45, 7) is 0. The molecule has 0 aromatic carbocycles. The van der Waals surface area contributed by atoms with E-state index in [9.17, 15) is 4.39 Å². The Balaban J connectivity index is 2.59. The lowest BCUT2D eigenvalue weighted by molar-refractivity contribution is 0.190. The smallest absolute Gasteiger partial charge is 0.226 e. The Morgan fingerprint density at radius 1 is 2.00 bits per heavy atom. The fourth-order valence-electron chi connectivity index (χ4n) is 0.546. The van der Waals surface area contributed by atoms with Crippen LogP contribution in [-0.4, -0.2) is 23.5 Å². The zero-order valence-corrected chi connectivity index (χ0v) is 4.43. The van der Waals surface area contributed by atoms with Gasteiger partial charge in [0.1, 0.15) is 0 Å². The van der Waals surface area contributed by atoms with E-state index in [2.05, 4.69) is 5.43 Å². The Morgan fingerprint density at radius 2 is 2.62 bits per heavy atom. The van der Waals surface area contributed by atoms with Gasteiger partial charge in [-0.25, -0.2) is 4.39 Å². The van der Waals surface area contributed by atoms with Crippen molar-refractivity contribution in [2.45, 2.75) is 6.30 Å². The zero-order valence-electron chi connectivity index (χ0n) is 4.43. The second-order valence-corrected chi connectivity index (χ2v) is 1.66. The van der Waals surface area contributed by atoms with E-state index in [1.54, 1.807) is 7.05 Å². The fourth-order valence-corrected chi connectivity index (χ4v) is 0.546. The quantitative estimate of drug-likeness (QED) is 0.444. The van der Waals surface area contributed by atoms with E-state index in [0.717, 1.165) is 0 Å². The predicted molar refractivity (Wildman–Crippen MR) is 26.5 cm³/mol. The Morgan fingerprint density at radius 3 is 2.75 bits per heavy atom. The molecule has 0 saturated heterocycles. The second kappa shape index (κ2) is 1.63. The minimum Gasteiger partial charge on any atom is -0.506 e. The largest absolute Gasteiger partial charge is 0.506 e. The number of hydrogen-bond donors (Lipinski definition) is 2. The van der Waals surface area contributed by atoms with Crippen LogP contribution in [0.15, 0.2) is 12.0 Å². The van der Waals surface area contributed by atoms with Crippen molar-refractivity contribution in [3.8, 4) is 0 Å². The standard InChI is InChI=1S/C4H7FN2O/c1-7-2-3(8)4(5)6-7/h2,4,6,8H,1H3. The first-order valence-corrected chi connectivity index (χ1v) is 2.24. The summed E-state index contributed by atoms with van der Waals surface area (Å²) in [6.07, 6.45) is -0.134. The highest BCUT2D eigenvalue weighted by atomic mass is 19.1. The summed E-state index contributed by atoms with van der Waals surface area (Å²) in [4.78, 5) is 0. The number of rotatable bonds is 0. The molecule has 0 bridgehead atoms. The highest BCUT2D eigenvalue weighted by Gasteiger charge is 2.18. The van der Waals surface area contributed by atoms with Gasteiger partial charge in [-0.15, -0.1) is 0 Å². The predicted octanol–water partition coefficient (Wildman–Crippen LogP) is 0.131. The van der Waals surface area contributed by atoms with Crippen LogP contribution in [0, 0.1) is 0 Å². The lowest BCUT2D eigenvalue weighted by atomic mass is 10.5. The number of alkyl halides is 1. The van der Waals surface area contributed by atoms with E-state index < -0.39 is 6.30 Å². The molecule has 0 amide bonds. The second-order valence-electron chi connectivity index (χ2n) is 1.66. The molecule has 46 valence electrons. The van der Waals surface area contributed by atoms with E-state index in [-0.39, 0.29) is 5.76 Å². The van der Waals surface area contributed by atoms with E-state index in [1.807, 2.05) is 0 Å². The number of hydrogen-bond acceptors (Lipinski definition) is 3. The number of aliphatic hydroxyl groups is 1. The molecule has 0 spiro atoms. The lowest BCUT2D eigenvalue weighted by Crippen LogP contribution is -2.30. The van der Waals surface area contributed by atoms with Crippen LogP contribution >= 0.6 is 0 Å². The van der Waals surface area contributed by atoms with Crippen molar-refractivity contribution in [1.29, 1.82) is 0 Å². The third kappa shape index (κ3) is 0.742. The number of halogens is 1. The molecular weight excluding hydrogens is 111 g/mol. The molecule has 0 aromatic heterocycles. The summed E-state index contributed by atoms with van der Waals surface area (Å²) in [5.41, 5.74) is 2.29. The molecule has 1 aliphatic heterocycles. The van der Waals surface area contributed by atoms with Crippen LogP contribution in [0.3, 0.4) is 0 Å². The number of aliphatic hydroxyl groups excluding tert-OH is 1. The molecule has 2 N–H and O–H groups in total. The minimum absolute atomic E-state index is 0.271. The van der Waals surface area contributed by atoms with Crippen LogP contribution in [0.25, 0.3) is 0 Å². The highest BCUT2D eigenvalue weighted by Crippen LogP contribution is 2.06. The third-order valence-corrected chi connectivity index (χ3v) is 0.903. The van der Waals surface area contributed by atoms with E-state index >= 15 is 0 Å². The van der Waals surface area contributed by atoms with Gasteiger partial charge >= 0.3 is 0 Å². The molecule has 0 radical (unpaired) electrons. The van der Waals surface area contributed by atoms with E-state index in [1.165, 1.54) is 11.2 Å². The Labute approximate surface area is 46.4 Å². The van der Waals surface area contributed by atoms with Gasteiger partial charge in [-0.05, 0) is 0 Å². The van der Waals surface area contributed by atoms with Crippen molar-refractivity contribution < 1.29 is 9.50 Å². The molecule has 3 nitrogen and oxygen atoms in total. The summed E-state index contributed by atoms with van der Waals surface area (Å²) in [5, 5.41) is 9.91. The highest BCUT2D eigenvalue weighted by molar-refractivity contribution is 5.00. The Hall–Kier alpha value is -0.770. The molecule has 1 heterocycles. The number of nitrogens with zero attached hydrogens (tertiary/aromatic N) is 1. The summed E-state index contributed by atoms with van der Waals surface area (Å²) in [7, 11) is 1.61. The molecule has 1 unspecified atom stereocenters. The summed E-state index contributed by atoms with van der Waals surface area (Å²) >= 11 is 0. The van der Waals surface area contributed by atoms with E-state index in [0.29, 0.717) is 0 Å². The van der Waals surface area contributed by atoms with Crippen LogP contribution in [-0.2, 0) is 0 Å². The first kappa shape index (κ1) is 5.37. The lowest BCUT2D eigenvalue weighted by Gasteiger charge is -2.06. The van der Waals surface area contributed by atoms with Crippen LogP contribution < -0.4 is 5.43 Å². The van der Waals surface area contributed by atoms with Crippen molar-refractivity contribution in [1.82, 2.24) is 10.4 Å². The molecule has 1 aliphatic rings. The molecule has 0 fully saturated rings. The fraction of sp³-hybridized carbons (Fsp3) is 0.500. The molecule has 4 heteroatoms.